The Kier molecular flexibility index (Phi) is 5.81. The summed E-state index contributed by atoms with van der Waals surface area (Å²) >= 11 is 5.90. The van der Waals surface area contributed by atoms with E-state index >= 15 is 0 Å². The minimum Gasteiger partial charge on any atom is -0.324 e. The van der Waals surface area contributed by atoms with Crippen LogP contribution < -0.4 is 5.32 Å². The predicted molar refractivity (Wildman–Crippen MR) is 129 cm³/mol. The number of nitrogens with one attached hydrogen (secondary N) is 1. The molecule has 3 heterocycles. The van der Waals surface area contributed by atoms with E-state index in [1.807, 2.05) is 37.3 Å². The van der Waals surface area contributed by atoms with Crippen molar-refractivity contribution in [2.45, 2.75) is 20.0 Å². The summed E-state index contributed by atoms with van der Waals surface area (Å²) in [5.41, 5.74) is 4.81. The first-order valence-electron chi connectivity index (χ1n) is 10.6. The highest BCUT2D eigenvalue weighted by atomic mass is 35.5. The van der Waals surface area contributed by atoms with E-state index in [0.29, 0.717) is 22.9 Å². The van der Waals surface area contributed by atoms with Gasteiger partial charge in [-0.2, -0.15) is 10.2 Å². The molecule has 1 amide bonds. The van der Waals surface area contributed by atoms with Gasteiger partial charge in [0.15, 0.2) is 5.65 Å². The monoisotopic (exact) mass is 474 g/mol. The van der Waals surface area contributed by atoms with Crippen molar-refractivity contribution < 1.29 is 9.18 Å². The van der Waals surface area contributed by atoms with Crippen LogP contribution in [-0.4, -0.2) is 30.5 Å². The van der Waals surface area contributed by atoms with Gasteiger partial charge in [-0.1, -0.05) is 35.9 Å². The fraction of sp³-hybridized carbons (Fsp3) is 0.120. The van der Waals surface area contributed by atoms with E-state index < -0.39 is 0 Å². The summed E-state index contributed by atoms with van der Waals surface area (Å²) in [7, 11) is 0. The summed E-state index contributed by atoms with van der Waals surface area (Å²) in [6, 6.07) is 15.7. The number of benzene rings is 2. The predicted octanol–water partition coefficient (Wildman–Crippen LogP) is 5.08. The first kappa shape index (κ1) is 21.8. The molecule has 0 aliphatic rings. The van der Waals surface area contributed by atoms with Crippen LogP contribution in [0.15, 0.2) is 73.2 Å². The van der Waals surface area contributed by atoms with Crippen molar-refractivity contribution in [1.29, 1.82) is 0 Å². The summed E-state index contributed by atoms with van der Waals surface area (Å²) in [5.74, 6) is -0.512. The highest BCUT2D eigenvalue weighted by Gasteiger charge is 2.16. The van der Waals surface area contributed by atoms with Gasteiger partial charge in [-0.25, -0.2) is 14.1 Å². The number of pyridine rings is 1. The number of anilines is 1. The van der Waals surface area contributed by atoms with Crippen LogP contribution in [0.25, 0.3) is 22.2 Å². The molecule has 5 rings (SSSR count). The van der Waals surface area contributed by atoms with Gasteiger partial charge in [-0.3, -0.25) is 9.48 Å². The molecule has 1 N–H and O–H groups in total. The van der Waals surface area contributed by atoms with Gasteiger partial charge in [0, 0.05) is 23.5 Å². The first-order chi connectivity index (χ1) is 16.5. The third-order valence-electron chi connectivity index (χ3n) is 5.44. The molecule has 0 fully saturated rings. The van der Waals surface area contributed by atoms with Gasteiger partial charge < -0.3 is 5.32 Å². The quantitative estimate of drug-likeness (QED) is 0.372. The van der Waals surface area contributed by atoms with E-state index in [9.17, 15) is 9.18 Å². The molecule has 2 aromatic carbocycles. The van der Waals surface area contributed by atoms with Gasteiger partial charge in [0.1, 0.15) is 12.4 Å². The van der Waals surface area contributed by atoms with E-state index in [2.05, 4.69) is 20.5 Å². The standard InChI is InChI=1S/C25H20ClFN6O/c1-16-24-22(18-4-6-20(27)7-5-18)10-11-28-25(24)33(31-16)15-23(34)30-21-8-2-17(3-9-21)13-32-14-19(26)12-29-32/h2-12,14H,13,15H2,1H3,(H,30,34). The lowest BCUT2D eigenvalue weighted by molar-refractivity contribution is -0.116. The molecule has 0 radical (unpaired) electrons. The Morgan fingerprint density at radius 1 is 1.09 bits per heavy atom. The third kappa shape index (κ3) is 4.53. The number of amides is 1. The van der Waals surface area contributed by atoms with Crippen molar-refractivity contribution in [3.05, 3.63) is 95.3 Å². The van der Waals surface area contributed by atoms with E-state index in [0.717, 1.165) is 27.8 Å². The maximum absolute atomic E-state index is 13.4. The molecule has 7 nitrogen and oxygen atoms in total. The lowest BCUT2D eigenvalue weighted by atomic mass is 10.0. The molecule has 9 heteroatoms. The second-order valence-electron chi connectivity index (χ2n) is 7.91. The molecule has 170 valence electrons. The minimum atomic E-state index is -0.294. The van der Waals surface area contributed by atoms with Crippen molar-refractivity contribution >= 4 is 34.2 Å². The number of carbonyl (C=O) groups excluding carboxylic acids is 1. The fourth-order valence-corrected chi connectivity index (χ4v) is 4.06. The van der Waals surface area contributed by atoms with E-state index in [1.54, 1.807) is 40.1 Å². The number of nitrogens with zero attached hydrogens (tertiary/aromatic N) is 5. The van der Waals surface area contributed by atoms with Crippen LogP contribution in [0.1, 0.15) is 11.3 Å². The third-order valence-corrected chi connectivity index (χ3v) is 5.64. The number of halogens is 2. The molecule has 3 aromatic heterocycles. The Labute approximate surface area is 199 Å². The topological polar surface area (TPSA) is 77.6 Å². The van der Waals surface area contributed by atoms with Crippen LogP contribution >= 0.6 is 11.6 Å². The molecule has 0 unspecified atom stereocenters. The van der Waals surface area contributed by atoms with Crippen molar-refractivity contribution in [3.8, 4) is 11.1 Å². The lowest BCUT2D eigenvalue weighted by Gasteiger charge is -2.08. The fourth-order valence-electron chi connectivity index (χ4n) is 3.90. The number of hydrogen-bond acceptors (Lipinski definition) is 4. The number of aryl methyl sites for hydroxylation is 1. The summed E-state index contributed by atoms with van der Waals surface area (Å²) < 4.78 is 16.7. The Hall–Kier alpha value is -4.04. The van der Waals surface area contributed by atoms with Crippen LogP contribution in [0.4, 0.5) is 10.1 Å². The zero-order valence-electron chi connectivity index (χ0n) is 18.2. The number of carbonyl (C=O) groups is 1. The Bertz CT molecular complexity index is 1470. The van der Waals surface area contributed by atoms with Crippen LogP contribution in [0.5, 0.6) is 0 Å². The highest BCUT2D eigenvalue weighted by Crippen LogP contribution is 2.30. The van der Waals surface area contributed by atoms with Gasteiger partial charge in [0.2, 0.25) is 5.91 Å². The van der Waals surface area contributed by atoms with Gasteiger partial charge in [0.25, 0.3) is 0 Å². The summed E-state index contributed by atoms with van der Waals surface area (Å²) in [4.78, 5) is 17.2. The average molecular weight is 475 g/mol. The second-order valence-corrected chi connectivity index (χ2v) is 8.34. The Morgan fingerprint density at radius 3 is 2.56 bits per heavy atom. The highest BCUT2D eigenvalue weighted by molar-refractivity contribution is 6.30. The smallest absolute Gasteiger partial charge is 0.246 e. The summed E-state index contributed by atoms with van der Waals surface area (Å²) in [5, 5.41) is 13.0. The van der Waals surface area contributed by atoms with Crippen molar-refractivity contribution in [3.63, 3.8) is 0 Å². The molecule has 0 spiro atoms. The molecular formula is C25H20ClFN6O. The van der Waals surface area contributed by atoms with Crippen LogP contribution in [0.2, 0.25) is 5.02 Å². The number of rotatable bonds is 6. The Morgan fingerprint density at radius 2 is 1.85 bits per heavy atom. The molecular weight excluding hydrogens is 455 g/mol. The Balaban J connectivity index is 1.32. The molecule has 0 aliphatic carbocycles. The van der Waals surface area contributed by atoms with Crippen molar-refractivity contribution in [1.82, 2.24) is 24.5 Å². The number of aromatic nitrogens is 5. The molecule has 0 saturated heterocycles. The van der Waals surface area contributed by atoms with Gasteiger partial charge in [-0.05, 0) is 53.9 Å². The number of fused-ring (bicyclic) bond motifs is 1. The summed E-state index contributed by atoms with van der Waals surface area (Å²) in [6.07, 6.45) is 5.01. The second kappa shape index (κ2) is 9.07. The molecule has 0 bridgehead atoms. The lowest BCUT2D eigenvalue weighted by Crippen LogP contribution is -2.19. The average Bonchev–Trinajstić information content (AvgIpc) is 3.38. The van der Waals surface area contributed by atoms with Gasteiger partial charge in [0.05, 0.1) is 23.5 Å². The molecule has 0 saturated carbocycles. The van der Waals surface area contributed by atoms with E-state index in [1.165, 1.54) is 12.1 Å². The molecule has 34 heavy (non-hydrogen) atoms. The van der Waals surface area contributed by atoms with Crippen molar-refractivity contribution in [2.75, 3.05) is 5.32 Å². The van der Waals surface area contributed by atoms with Gasteiger partial charge >= 0.3 is 0 Å². The van der Waals surface area contributed by atoms with Crippen LogP contribution in [-0.2, 0) is 17.9 Å². The van der Waals surface area contributed by atoms with Crippen LogP contribution in [0.3, 0.4) is 0 Å². The SMILES string of the molecule is Cc1nn(CC(=O)Nc2ccc(Cn3cc(Cl)cn3)cc2)c2nccc(-c3ccc(F)cc3)c12. The van der Waals surface area contributed by atoms with Crippen molar-refractivity contribution in [2.24, 2.45) is 0 Å². The molecule has 0 atom stereocenters. The molecule has 0 aliphatic heterocycles. The van der Waals surface area contributed by atoms with Gasteiger partial charge in [-0.15, -0.1) is 0 Å². The first-order valence-corrected chi connectivity index (χ1v) is 11.0. The van der Waals surface area contributed by atoms with E-state index in [4.69, 9.17) is 11.6 Å². The van der Waals surface area contributed by atoms with Crippen LogP contribution in [0, 0.1) is 12.7 Å². The minimum absolute atomic E-state index is 0.0117. The maximum Gasteiger partial charge on any atom is 0.246 e. The largest absolute Gasteiger partial charge is 0.324 e. The zero-order chi connectivity index (χ0) is 23.7. The zero-order valence-corrected chi connectivity index (χ0v) is 19.0. The maximum atomic E-state index is 13.4. The number of hydrogen-bond donors (Lipinski definition) is 1. The normalized spacial score (nSPS) is 11.1. The van der Waals surface area contributed by atoms with E-state index in [-0.39, 0.29) is 18.3 Å². The molecule has 5 aromatic rings. The summed E-state index contributed by atoms with van der Waals surface area (Å²) in [6.45, 7) is 2.47.